The zero-order chi connectivity index (χ0) is 12.1. The molecule has 16 heavy (non-hydrogen) atoms. The first-order valence-corrected chi connectivity index (χ1v) is 5.66. The average molecular weight is 229 g/mol. The second-order valence-electron chi connectivity index (χ2n) is 4.12. The van der Waals surface area contributed by atoms with Crippen molar-refractivity contribution in [3.63, 3.8) is 0 Å². The molecule has 1 heterocycles. The molecule has 1 unspecified atom stereocenters. The fourth-order valence-corrected chi connectivity index (χ4v) is 1.66. The zero-order valence-corrected chi connectivity index (χ0v) is 10.1. The summed E-state index contributed by atoms with van der Waals surface area (Å²) in [5.74, 6) is -0.423. The molecule has 0 N–H and O–H groups in total. The first kappa shape index (κ1) is 12.8. The summed E-state index contributed by atoms with van der Waals surface area (Å²) in [5, 5.41) is 0. The largest absolute Gasteiger partial charge is 0.463 e. The molecule has 92 valence electrons. The standard InChI is InChI=1S/C11H19NO4/c1-4-15-11(14)12-6-5-9(7-12)10(13)16-8(2)3/h8-9H,4-7H2,1-3H3. The number of hydrogen-bond acceptors (Lipinski definition) is 4. The molecule has 1 aliphatic rings. The summed E-state index contributed by atoms with van der Waals surface area (Å²) in [6, 6.07) is 0. The summed E-state index contributed by atoms with van der Waals surface area (Å²) in [7, 11) is 0. The minimum absolute atomic E-state index is 0.107. The molecule has 0 aliphatic carbocycles. The van der Waals surface area contributed by atoms with Crippen LogP contribution < -0.4 is 0 Å². The third-order valence-electron chi connectivity index (χ3n) is 2.40. The first-order chi connectivity index (χ1) is 7.54. The van der Waals surface area contributed by atoms with Crippen LogP contribution in [0.4, 0.5) is 4.79 Å². The molecule has 0 aromatic heterocycles. The van der Waals surface area contributed by atoms with E-state index in [4.69, 9.17) is 9.47 Å². The molecule has 1 rings (SSSR count). The molecule has 5 nitrogen and oxygen atoms in total. The zero-order valence-electron chi connectivity index (χ0n) is 10.1. The quantitative estimate of drug-likeness (QED) is 0.687. The van der Waals surface area contributed by atoms with Gasteiger partial charge < -0.3 is 14.4 Å². The summed E-state index contributed by atoms with van der Waals surface area (Å²) in [6.07, 6.45) is 0.205. The number of likely N-dealkylation sites (tertiary alicyclic amines) is 1. The third-order valence-corrected chi connectivity index (χ3v) is 2.40. The van der Waals surface area contributed by atoms with E-state index in [0.717, 1.165) is 0 Å². The van der Waals surface area contributed by atoms with E-state index in [1.807, 2.05) is 13.8 Å². The fourth-order valence-electron chi connectivity index (χ4n) is 1.66. The minimum Gasteiger partial charge on any atom is -0.463 e. The molecule has 0 bridgehead atoms. The van der Waals surface area contributed by atoms with Crippen LogP contribution in [0.5, 0.6) is 0 Å². The van der Waals surface area contributed by atoms with Crippen LogP contribution in [0.2, 0.25) is 0 Å². The number of carbonyl (C=O) groups is 2. The molecule has 1 atom stereocenters. The van der Waals surface area contributed by atoms with Crippen molar-refractivity contribution in [1.29, 1.82) is 0 Å². The van der Waals surface area contributed by atoms with Gasteiger partial charge in [-0.05, 0) is 27.2 Å². The Morgan fingerprint density at radius 2 is 2.12 bits per heavy atom. The van der Waals surface area contributed by atoms with Crippen LogP contribution in [0.3, 0.4) is 0 Å². The van der Waals surface area contributed by atoms with Gasteiger partial charge in [-0.3, -0.25) is 4.79 Å². The SMILES string of the molecule is CCOC(=O)N1CCC(C(=O)OC(C)C)C1. The van der Waals surface area contributed by atoms with E-state index in [9.17, 15) is 9.59 Å². The maximum Gasteiger partial charge on any atom is 0.409 e. The maximum absolute atomic E-state index is 11.6. The molecular weight excluding hydrogens is 210 g/mol. The van der Waals surface area contributed by atoms with Gasteiger partial charge in [0.1, 0.15) is 0 Å². The Kier molecular flexibility index (Phi) is 4.58. The highest BCUT2D eigenvalue weighted by Crippen LogP contribution is 2.19. The van der Waals surface area contributed by atoms with Gasteiger partial charge in [0, 0.05) is 13.1 Å². The van der Waals surface area contributed by atoms with Gasteiger partial charge >= 0.3 is 12.1 Å². The Bertz CT molecular complexity index is 265. The monoisotopic (exact) mass is 229 g/mol. The second kappa shape index (κ2) is 5.72. The van der Waals surface area contributed by atoms with Crippen molar-refractivity contribution < 1.29 is 19.1 Å². The van der Waals surface area contributed by atoms with E-state index in [-0.39, 0.29) is 24.1 Å². The van der Waals surface area contributed by atoms with Crippen LogP contribution in [-0.4, -0.2) is 42.8 Å². The summed E-state index contributed by atoms with van der Waals surface area (Å²) >= 11 is 0. The lowest BCUT2D eigenvalue weighted by Gasteiger charge is -2.16. The van der Waals surface area contributed by atoms with Gasteiger partial charge in [-0.25, -0.2) is 4.79 Å². The highest BCUT2D eigenvalue weighted by atomic mass is 16.6. The third kappa shape index (κ3) is 3.40. The number of nitrogens with zero attached hydrogens (tertiary/aromatic N) is 1. The van der Waals surface area contributed by atoms with Crippen LogP contribution in [-0.2, 0) is 14.3 Å². The lowest BCUT2D eigenvalue weighted by atomic mass is 10.1. The lowest BCUT2D eigenvalue weighted by molar-refractivity contribution is -0.151. The van der Waals surface area contributed by atoms with Gasteiger partial charge in [-0.15, -0.1) is 0 Å². The first-order valence-electron chi connectivity index (χ1n) is 5.66. The summed E-state index contributed by atoms with van der Waals surface area (Å²) in [6.45, 7) is 6.72. The van der Waals surface area contributed by atoms with Crippen molar-refractivity contribution in [1.82, 2.24) is 4.90 Å². The number of hydrogen-bond donors (Lipinski definition) is 0. The number of esters is 1. The second-order valence-corrected chi connectivity index (χ2v) is 4.12. The van der Waals surface area contributed by atoms with Gasteiger partial charge in [0.2, 0.25) is 0 Å². The predicted octanol–water partition coefficient (Wildman–Crippen LogP) is 1.42. The number of amides is 1. The molecule has 0 aromatic carbocycles. The molecule has 1 saturated heterocycles. The van der Waals surface area contributed by atoms with E-state index in [1.54, 1.807) is 11.8 Å². The van der Waals surface area contributed by atoms with Crippen molar-refractivity contribution in [2.75, 3.05) is 19.7 Å². The van der Waals surface area contributed by atoms with E-state index in [1.165, 1.54) is 0 Å². The van der Waals surface area contributed by atoms with E-state index >= 15 is 0 Å². The van der Waals surface area contributed by atoms with Gasteiger partial charge in [-0.1, -0.05) is 0 Å². The number of carbonyl (C=O) groups excluding carboxylic acids is 2. The molecule has 0 saturated carbocycles. The topological polar surface area (TPSA) is 55.8 Å². The van der Waals surface area contributed by atoms with Crippen LogP contribution in [0.25, 0.3) is 0 Å². The van der Waals surface area contributed by atoms with Crippen molar-refractivity contribution >= 4 is 12.1 Å². The van der Waals surface area contributed by atoms with Crippen molar-refractivity contribution in [3.05, 3.63) is 0 Å². The molecule has 1 amide bonds. The summed E-state index contributed by atoms with van der Waals surface area (Å²) in [5.41, 5.74) is 0. The Morgan fingerprint density at radius 1 is 1.44 bits per heavy atom. The number of rotatable bonds is 3. The molecule has 1 fully saturated rings. The van der Waals surface area contributed by atoms with E-state index in [0.29, 0.717) is 26.1 Å². The van der Waals surface area contributed by atoms with Crippen LogP contribution in [0, 0.1) is 5.92 Å². The van der Waals surface area contributed by atoms with Gasteiger partial charge in [0.05, 0.1) is 18.6 Å². The Hall–Kier alpha value is -1.26. The number of ether oxygens (including phenoxy) is 2. The van der Waals surface area contributed by atoms with Crippen LogP contribution in [0.15, 0.2) is 0 Å². The Morgan fingerprint density at radius 3 is 2.69 bits per heavy atom. The van der Waals surface area contributed by atoms with E-state index in [2.05, 4.69) is 0 Å². The maximum atomic E-state index is 11.6. The molecular formula is C11H19NO4. The summed E-state index contributed by atoms with van der Waals surface area (Å²) < 4.78 is 9.97. The minimum atomic E-state index is -0.345. The van der Waals surface area contributed by atoms with Gasteiger partial charge in [0.25, 0.3) is 0 Å². The highest BCUT2D eigenvalue weighted by molar-refractivity contribution is 5.75. The van der Waals surface area contributed by atoms with Crippen molar-refractivity contribution in [2.24, 2.45) is 5.92 Å². The van der Waals surface area contributed by atoms with Gasteiger partial charge in [0.15, 0.2) is 0 Å². The molecule has 0 radical (unpaired) electrons. The lowest BCUT2D eigenvalue weighted by Crippen LogP contribution is -2.31. The molecule has 0 aromatic rings. The van der Waals surface area contributed by atoms with Crippen molar-refractivity contribution in [3.8, 4) is 0 Å². The Labute approximate surface area is 95.7 Å². The van der Waals surface area contributed by atoms with Crippen LogP contribution in [0.1, 0.15) is 27.2 Å². The van der Waals surface area contributed by atoms with Crippen LogP contribution >= 0.6 is 0 Å². The Balaban J connectivity index is 2.40. The smallest absolute Gasteiger partial charge is 0.409 e. The predicted molar refractivity (Wildman–Crippen MR) is 57.9 cm³/mol. The van der Waals surface area contributed by atoms with Crippen molar-refractivity contribution in [2.45, 2.75) is 33.3 Å². The molecule has 0 spiro atoms. The summed E-state index contributed by atoms with van der Waals surface area (Å²) in [4.78, 5) is 24.5. The normalized spacial score (nSPS) is 20.0. The highest BCUT2D eigenvalue weighted by Gasteiger charge is 2.33. The van der Waals surface area contributed by atoms with Gasteiger partial charge in [-0.2, -0.15) is 0 Å². The average Bonchev–Trinajstić information content (AvgIpc) is 2.65. The molecule has 5 heteroatoms. The van der Waals surface area contributed by atoms with E-state index < -0.39 is 0 Å². The fraction of sp³-hybridized carbons (Fsp3) is 0.818. The molecule has 1 aliphatic heterocycles.